The van der Waals surface area contributed by atoms with Gasteiger partial charge in [-0.1, -0.05) is 0 Å². The quantitative estimate of drug-likeness (QED) is 0.319. The summed E-state index contributed by atoms with van der Waals surface area (Å²) in [6.45, 7) is 4.80. The maximum Gasteiger partial charge on any atom is 0.356 e. The van der Waals surface area contributed by atoms with Gasteiger partial charge in [-0.25, -0.2) is 14.4 Å². The maximum absolute atomic E-state index is 12.9. The largest absolute Gasteiger partial charge is 0.462 e. The van der Waals surface area contributed by atoms with Gasteiger partial charge in [0.2, 0.25) is 5.43 Å². The first-order chi connectivity index (χ1) is 13.8. The van der Waals surface area contributed by atoms with Crippen LogP contribution < -0.4 is 5.43 Å². The van der Waals surface area contributed by atoms with E-state index in [0.29, 0.717) is 5.69 Å². The molecule has 0 amide bonds. The van der Waals surface area contributed by atoms with E-state index in [9.17, 15) is 19.2 Å². The molecule has 0 N–H and O–H groups in total. The van der Waals surface area contributed by atoms with E-state index in [2.05, 4.69) is 22.6 Å². The van der Waals surface area contributed by atoms with Crippen LogP contribution in [-0.4, -0.2) is 42.3 Å². The van der Waals surface area contributed by atoms with Crippen LogP contribution in [0.25, 0.3) is 5.69 Å². The average Bonchev–Trinajstić information content (AvgIpc) is 2.68. The Morgan fingerprint density at radius 1 is 0.862 bits per heavy atom. The molecule has 1 heterocycles. The van der Waals surface area contributed by atoms with Crippen LogP contribution in [0.3, 0.4) is 0 Å². The van der Waals surface area contributed by atoms with Crippen molar-refractivity contribution >= 4 is 40.5 Å². The van der Waals surface area contributed by atoms with E-state index in [1.165, 1.54) is 10.8 Å². The predicted octanol–water partition coefficient (Wildman–Crippen LogP) is 2.97. The number of esters is 3. The highest BCUT2D eigenvalue weighted by atomic mass is 127. The molecule has 0 aliphatic heterocycles. The lowest BCUT2D eigenvalue weighted by Gasteiger charge is -2.17. The molecule has 0 fully saturated rings. The van der Waals surface area contributed by atoms with Crippen molar-refractivity contribution < 1.29 is 28.6 Å². The molecular weight excluding hydrogens is 493 g/mol. The lowest BCUT2D eigenvalue weighted by Crippen LogP contribution is -2.32. The van der Waals surface area contributed by atoms with E-state index in [4.69, 9.17) is 14.2 Å². The van der Waals surface area contributed by atoms with Crippen molar-refractivity contribution in [2.45, 2.75) is 20.8 Å². The first-order valence-electron chi connectivity index (χ1n) is 8.92. The van der Waals surface area contributed by atoms with Gasteiger partial charge >= 0.3 is 17.9 Å². The van der Waals surface area contributed by atoms with Crippen molar-refractivity contribution in [2.24, 2.45) is 0 Å². The summed E-state index contributed by atoms with van der Waals surface area (Å²) in [7, 11) is 0. The van der Waals surface area contributed by atoms with E-state index in [-0.39, 0.29) is 31.1 Å². The average molecular weight is 513 g/mol. The summed E-state index contributed by atoms with van der Waals surface area (Å²) in [6.07, 6.45) is 1.18. The Hall–Kier alpha value is -2.69. The Balaban J connectivity index is 2.91. The van der Waals surface area contributed by atoms with Crippen LogP contribution >= 0.6 is 22.6 Å². The number of ether oxygens (including phenoxy) is 3. The molecule has 0 bridgehead atoms. The van der Waals surface area contributed by atoms with Gasteiger partial charge in [-0.3, -0.25) is 4.79 Å². The van der Waals surface area contributed by atoms with Crippen LogP contribution in [0.5, 0.6) is 0 Å². The second-order valence-corrected chi connectivity index (χ2v) is 6.85. The maximum atomic E-state index is 12.9. The number of hydrogen-bond acceptors (Lipinski definition) is 7. The molecule has 29 heavy (non-hydrogen) atoms. The van der Waals surface area contributed by atoms with Crippen molar-refractivity contribution in [1.29, 1.82) is 0 Å². The minimum absolute atomic E-state index is 0.0201. The Labute approximate surface area is 180 Å². The summed E-state index contributed by atoms with van der Waals surface area (Å²) in [6, 6.07) is 6.91. The lowest BCUT2D eigenvalue weighted by molar-refractivity contribution is 0.0465. The van der Waals surface area contributed by atoms with E-state index >= 15 is 0 Å². The molecule has 0 spiro atoms. The Morgan fingerprint density at radius 2 is 1.38 bits per heavy atom. The monoisotopic (exact) mass is 513 g/mol. The lowest BCUT2D eigenvalue weighted by atomic mass is 10.1. The number of carbonyl (C=O) groups excluding carboxylic acids is 3. The summed E-state index contributed by atoms with van der Waals surface area (Å²) in [4.78, 5) is 50.5. The summed E-state index contributed by atoms with van der Waals surface area (Å²) in [5, 5.41) is 0. The predicted molar refractivity (Wildman–Crippen MR) is 113 cm³/mol. The first kappa shape index (κ1) is 22.6. The van der Waals surface area contributed by atoms with Gasteiger partial charge in [0.1, 0.15) is 11.1 Å². The normalized spacial score (nSPS) is 10.3. The molecule has 2 rings (SSSR count). The Morgan fingerprint density at radius 3 is 1.93 bits per heavy atom. The molecule has 0 atom stereocenters. The topological polar surface area (TPSA) is 101 Å². The van der Waals surface area contributed by atoms with Gasteiger partial charge < -0.3 is 18.8 Å². The summed E-state index contributed by atoms with van der Waals surface area (Å²) >= 11 is 2.11. The van der Waals surface area contributed by atoms with Crippen LogP contribution in [0, 0.1) is 3.57 Å². The van der Waals surface area contributed by atoms with Gasteiger partial charge in [0.05, 0.1) is 19.8 Å². The molecule has 0 radical (unpaired) electrons. The van der Waals surface area contributed by atoms with Crippen LogP contribution in [0.1, 0.15) is 52.0 Å². The van der Waals surface area contributed by atoms with Crippen molar-refractivity contribution in [3.8, 4) is 5.69 Å². The van der Waals surface area contributed by atoms with Crippen LogP contribution in [-0.2, 0) is 14.2 Å². The second kappa shape index (κ2) is 10.2. The van der Waals surface area contributed by atoms with E-state index < -0.39 is 28.9 Å². The highest BCUT2D eigenvalue weighted by Gasteiger charge is 2.31. The SMILES string of the molecule is CCOC(=O)c1cn(-c2ccc(I)cc2)c(C(=O)OCC)c(C(=O)OCC)c1=O. The molecular formula is C20H20INO7. The van der Waals surface area contributed by atoms with Gasteiger partial charge in [-0.05, 0) is 67.6 Å². The smallest absolute Gasteiger partial charge is 0.356 e. The molecule has 154 valence electrons. The summed E-state index contributed by atoms with van der Waals surface area (Å²) in [5.74, 6) is -2.81. The zero-order valence-electron chi connectivity index (χ0n) is 16.2. The zero-order chi connectivity index (χ0) is 21.6. The number of benzene rings is 1. The number of halogens is 1. The van der Waals surface area contributed by atoms with Crippen molar-refractivity contribution in [3.05, 3.63) is 61.1 Å². The number of aromatic nitrogens is 1. The molecule has 0 saturated carbocycles. The molecule has 2 aromatic rings. The van der Waals surface area contributed by atoms with E-state index in [0.717, 1.165) is 3.57 Å². The molecule has 8 nitrogen and oxygen atoms in total. The van der Waals surface area contributed by atoms with Gasteiger partial charge in [0.15, 0.2) is 5.69 Å². The third-order valence-corrected chi connectivity index (χ3v) is 4.48. The standard InChI is InChI=1S/C20H20INO7/c1-4-27-18(24)14-11-22(13-9-7-12(21)8-10-13)16(20(26)29-6-3)15(17(14)23)19(25)28-5-2/h7-11H,4-6H2,1-3H3. The number of rotatable bonds is 7. The number of hydrogen-bond donors (Lipinski definition) is 0. The third-order valence-electron chi connectivity index (χ3n) is 3.76. The zero-order valence-corrected chi connectivity index (χ0v) is 18.3. The molecule has 9 heteroatoms. The van der Waals surface area contributed by atoms with Crippen LogP contribution in [0.15, 0.2) is 35.3 Å². The Kier molecular flexibility index (Phi) is 7.94. The number of pyridine rings is 1. The second-order valence-electron chi connectivity index (χ2n) is 5.60. The summed E-state index contributed by atoms with van der Waals surface area (Å²) < 4.78 is 17.2. The molecule has 1 aromatic carbocycles. The summed E-state index contributed by atoms with van der Waals surface area (Å²) in [5.41, 5.74) is -1.78. The number of carbonyl (C=O) groups is 3. The highest BCUT2D eigenvalue weighted by molar-refractivity contribution is 14.1. The number of nitrogens with zero attached hydrogens (tertiary/aromatic N) is 1. The molecule has 0 unspecified atom stereocenters. The fourth-order valence-electron chi connectivity index (χ4n) is 2.57. The van der Waals surface area contributed by atoms with Crippen molar-refractivity contribution in [1.82, 2.24) is 4.57 Å². The molecule has 0 aliphatic rings. The molecule has 0 aliphatic carbocycles. The van der Waals surface area contributed by atoms with Crippen LogP contribution in [0.4, 0.5) is 0 Å². The molecule has 1 aromatic heterocycles. The van der Waals surface area contributed by atoms with Crippen molar-refractivity contribution in [3.63, 3.8) is 0 Å². The first-order valence-corrected chi connectivity index (χ1v) is 10.00. The molecule has 0 saturated heterocycles. The van der Waals surface area contributed by atoms with Gasteiger partial charge in [-0.15, -0.1) is 0 Å². The van der Waals surface area contributed by atoms with E-state index in [1.807, 2.05) is 0 Å². The minimum atomic E-state index is -1.02. The van der Waals surface area contributed by atoms with E-state index in [1.54, 1.807) is 45.0 Å². The van der Waals surface area contributed by atoms with Crippen LogP contribution in [0.2, 0.25) is 0 Å². The van der Waals surface area contributed by atoms with Crippen molar-refractivity contribution in [2.75, 3.05) is 19.8 Å². The highest BCUT2D eigenvalue weighted by Crippen LogP contribution is 2.19. The van der Waals surface area contributed by atoms with Gasteiger partial charge in [-0.2, -0.15) is 0 Å². The Bertz CT molecular complexity index is 980. The fraction of sp³-hybridized carbons (Fsp3) is 0.300. The fourth-order valence-corrected chi connectivity index (χ4v) is 2.93. The van der Waals surface area contributed by atoms with Gasteiger partial charge in [0, 0.05) is 15.5 Å². The minimum Gasteiger partial charge on any atom is -0.462 e. The third kappa shape index (κ3) is 5.03. The van der Waals surface area contributed by atoms with Gasteiger partial charge in [0.25, 0.3) is 0 Å².